The van der Waals surface area contributed by atoms with Crippen molar-refractivity contribution in [1.29, 1.82) is 0 Å². The van der Waals surface area contributed by atoms with E-state index in [0.717, 1.165) is 5.76 Å². The van der Waals surface area contributed by atoms with Gasteiger partial charge in [0.1, 0.15) is 23.7 Å². The van der Waals surface area contributed by atoms with Gasteiger partial charge in [0.05, 0.1) is 23.9 Å². The first kappa shape index (κ1) is 24.2. The molecule has 1 unspecified atom stereocenters. The Labute approximate surface area is 202 Å². The maximum atomic E-state index is 13.5. The summed E-state index contributed by atoms with van der Waals surface area (Å²) in [5.74, 6) is 1.69. The van der Waals surface area contributed by atoms with Crippen LogP contribution in [0.2, 0.25) is 5.02 Å². The van der Waals surface area contributed by atoms with Gasteiger partial charge in [-0.1, -0.05) is 11.6 Å². The number of fused-ring (bicyclic) bond motifs is 1. The molecule has 1 atom stereocenters. The van der Waals surface area contributed by atoms with Crippen molar-refractivity contribution < 1.29 is 22.3 Å². The molecule has 34 heavy (non-hydrogen) atoms. The fourth-order valence-corrected chi connectivity index (χ4v) is 4.66. The van der Waals surface area contributed by atoms with Gasteiger partial charge in [0, 0.05) is 36.7 Å². The monoisotopic (exact) mass is 506 g/mol. The summed E-state index contributed by atoms with van der Waals surface area (Å²) in [5.41, 5.74) is 1.20. The van der Waals surface area contributed by atoms with Crippen LogP contribution in [0.4, 0.5) is 15.9 Å². The zero-order valence-corrected chi connectivity index (χ0v) is 20.5. The molecule has 11 heteroatoms. The standard InChI is InChI=1S/C23H24ClFN4O4S/c1-29(34(3,30)31)15-5-7-16(8-6-15)33-22-11-17-20(12-21(22)32-2)26-13-27-23(17)28-14-4-9-19(25)18(24)10-14/h4,7,9-13,15H,5-6,8H2,1-3H3,(H,26,27,28). The Balaban J connectivity index is 1.62. The lowest BCUT2D eigenvalue weighted by Gasteiger charge is -2.28. The first-order chi connectivity index (χ1) is 16.2. The molecule has 0 spiro atoms. The Morgan fingerprint density at radius 2 is 2.00 bits per heavy atom. The Morgan fingerprint density at radius 3 is 2.65 bits per heavy atom. The van der Waals surface area contributed by atoms with Crippen molar-refractivity contribution in [3.8, 4) is 11.5 Å². The van der Waals surface area contributed by atoms with E-state index in [1.807, 2.05) is 6.08 Å². The SMILES string of the molecule is COc1cc2ncnc(Nc3ccc(F)c(Cl)c3)c2cc1OC1=CCC(N(C)S(C)(=O)=O)CC1. The van der Waals surface area contributed by atoms with Gasteiger partial charge < -0.3 is 14.8 Å². The molecule has 0 saturated carbocycles. The molecule has 0 aliphatic heterocycles. The number of halogens is 2. The molecule has 1 aromatic heterocycles. The minimum Gasteiger partial charge on any atom is -0.493 e. The zero-order chi connectivity index (χ0) is 24.5. The number of ether oxygens (including phenoxy) is 2. The van der Waals surface area contributed by atoms with E-state index in [0.29, 0.717) is 53.2 Å². The van der Waals surface area contributed by atoms with Gasteiger partial charge in [0.25, 0.3) is 0 Å². The largest absolute Gasteiger partial charge is 0.493 e. The molecule has 180 valence electrons. The van der Waals surface area contributed by atoms with Gasteiger partial charge in [0.15, 0.2) is 11.5 Å². The maximum absolute atomic E-state index is 13.5. The van der Waals surface area contributed by atoms with E-state index in [9.17, 15) is 12.8 Å². The summed E-state index contributed by atoms with van der Waals surface area (Å²) >= 11 is 5.90. The Kier molecular flexibility index (Phi) is 6.92. The Hall–Kier alpha value is -2.95. The highest BCUT2D eigenvalue weighted by molar-refractivity contribution is 7.88. The van der Waals surface area contributed by atoms with E-state index >= 15 is 0 Å². The highest BCUT2D eigenvalue weighted by Gasteiger charge is 2.25. The second-order valence-electron chi connectivity index (χ2n) is 7.98. The van der Waals surface area contributed by atoms with E-state index in [1.165, 1.54) is 29.0 Å². The molecular formula is C23H24ClFN4O4S. The van der Waals surface area contributed by atoms with Gasteiger partial charge in [-0.2, -0.15) is 0 Å². The number of hydrogen-bond donors (Lipinski definition) is 1. The molecule has 3 aromatic rings. The number of methoxy groups -OCH3 is 1. The van der Waals surface area contributed by atoms with Gasteiger partial charge in [-0.25, -0.2) is 27.1 Å². The number of benzene rings is 2. The predicted molar refractivity (Wildman–Crippen MR) is 130 cm³/mol. The molecule has 0 amide bonds. The quantitative estimate of drug-likeness (QED) is 0.488. The van der Waals surface area contributed by atoms with Crippen molar-refractivity contribution in [1.82, 2.24) is 14.3 Å². The molecule has 0 saturated heterocycles. The highest BCUT2D eigenvalue weighted by Crippen LogP contribution is 2.37. The summed E-state index contributed by atoms with van der Waals surface area (Å²) in [6.45, 7) is 0. The number of aromatic nitrogens is 2. The molecule has 4 rings (SSSR count). The summed E-state index contributed by atoms with van der Waals surface area (Å²) < 4.78 is 50.2. The number of sulfonamides is 1. The normalized spacial score (nSPS) is 16.4. The summed E-state index contributed by atoms with van der Waals surface area (Å²) in [4.78, 5) is 8.63. The smallest absolute Gasteiger partial charge is 0.211 e. The second-order valence-corrected chi connectivity index (χ2v) is 10.4. The van der Waals surface area contributed by atoms with E-state index < -0.39 is 15.8 Å². The van der Waals surface area contributed by atoms with E-state index in [4.69, 9.17) is 21.1 Å². The number of allylic oxidation sites excluding steroid dienone is 1. The minimum atomic E-state index is -3.26. The van der Waals surface area contributed by atoms with Crippen molar-refractivity contribution in [3.05, 3.63) is 59.3 Å². The molecule has 8 nitrogen and oxygen atoms in total. The molecule has 1 aliphatic carbocycles. The first-order valence-electron chi connectivity index (χ1n) is 10.5. The van der Waals surface area contributed by atoms with Gasteiger partial charge in [0.2, 0.25) is 10.0 Å². The summed E-state index contributed by atoms with van der Waals surface area (Å²) in [7, 11) is -0.121. The fourth-order valence-electron chi connectivity index (χ4n) is 3.74. The average Bonchev–Trinajstić information content (AvgIpc) is 2.81. The molecule has 1 N–H and O–H groups in total. The Morgan fingerprint density at radius 1 is 1.21 bits per heavy atom. The third-order valence-electron chi connectivity index (χ3n) is 5.72. The molecule has 0 radical (unpaired) electrons. The maximum Gasteiger partial charge on any atom is 0.211 e. The van der Waals surface area contributed by atoms with Gasteiger partial charge in [-0.15, -0.1) is 0 Å². The van der Waals surface area contributed by atoms with Crippen LogP contribution in [0.15, 0.2) is 48.5 Å². The number of rotatable bonds is 7. The van der Waals surface area contributed by atoms with Gasteiger partial charge in [-0.3, -0.25) is 0 Å². The van der Waals surface area contributed by atoms with Crippen molar-refractivity contribution >= 4 is 44.0 Å². The van der Waals surface area contributed by atoms with Crippen molar-refractivity contribution in [2.24, 2.45) is 0 Å². The van der Waals surface area contributed by atoms with E-state index in [2.05, 4.69) is 15.3 Å². The van der Waals surface area contributed by atoms with Crippen molar-refractivity contribution in [3.63, 3.8) is 0 Å². The van der Waals surface area contributed by atoms with Crippen LogP contribution in [0.25, 0.3) is 10.9 Å². The highest BCUT2D eigenvalue weighted by atomic mass is 35.5. The third kappa shape index (κ3) is 5.24. The zero-order valence-electron chi connectivity index (χ0n) is 18.9. The number of hydrogen-bond acceptors (Lipinski definition) is 7. The lowest BCUT2D eigenvalue weighted by atomic mass is 10.0. The number of nitrogens with one attached hydrogen (secondary N) is 1. The van der Waals surface area contributed by atoms with E-state index in [1.54, 1.807) is 32.4 Å². The predicted octanol–water partition coefficient (Wildman–Crippen LogP) is 4.88. The average molecular weight is 507 g/mol. The second kappa shape index (κ2) is 9.73. The topological polar surface area (TPSA) is 93.7 Å². The Bertz CT molecular complexity index is 1370. The lowest BCUT2D eigenvalue weighted by molar-refractivity contribution is 0.297. The summed E-state index contributed by atoms with van der Waals surface area (Å²) in [6, 6.07) is 7.73. The molecular weight excluding hydrogens is 483 g/mol. The fraction of sp³-hybridized carbons (Fsp3) is 0.304. The molecule has 0 fully saturated rings. The summed E-state index contributed by atoms with van der Waals surface area (Å²) in [6.07, 6.45) is 6.30. The summed E-state index contributed by atoms with van der Waals surface area (Å²) in [5, 5.41) is 3.81. The van der Waals surface area contributed by atoms with Crippen LogP contribution in [0, 0.1) is 5.82 Å². The van der Waals surface area contributed by atoms with Crippen LogP contribution >= 0.6 is 11.6 Å². The van der Waals surface area contributed by atoms with Crippen LogP contribution in [0.3, 0.4) is 0 Å². The third-order valence-corrected chi connectivity index (χ3v) is 7.36. The van der Waals surface area contributed by atoms with Crippen LogP contribution in [0.5, 0.6) is 11.5 Å². The molecule has 1 aliphatic rings. The van der Waals surface area contributed by atoms with Crippen LogP contribution < -0.4 is 14.8 Å². The first-order valence-corrected chi connectivity index (χ1v) is 12.7. The van der Waals surface area contributed by atoms with Gasteiger partial charge in [-0.05, 0) is 43.2 Å². The van der Waals surface area contributed by atoms with Crippen molar-refractivity contribution in [2.75, 3.05) is 25.7 Å². The lowest BCUT2D eigenvalue weighted by Crippen LogP contribution is -2.37. The van der Waals surface area contributed by atoms with Gasteiger partial charge >= 0.3 is 0 Å². The number of nitrogens with zero attached hydrogens (tertiary/aromatic N) is 3. The van der Waals surface area contributed by atoms with Crippen LogP contribution in [0.1, 0.15) is 19.3 Å². The minimum absolute atomic E-state index is 0.00175. The molecule has 2 aromatic carbocycles. The van der Waals surface area contributed by atoms with Crippen LogP contribution in [-0.4, -0.2) is 49.1 Å². The molecule has 1 heterocycles. The molecule has 0 bridgehead atoms. The van der Waals surface area contributed by atoms with E-state index in [-0.39, 0.29) is 11.1 Å². The van der Waals surface area contributed by atoms with Crippen LogP contribution in [-0.2, 0) is 10.0 Å². The van der Waals surface area contributed by atoms with Crippen molar-refractivity contribution in [2.45, 2.75) is 25.3 Å². The number of anilines is 2.